The lowest BCUT2D eigenvalue weighted by atomic mass is 9.96. The van der Waals surface area contributed by atoms with E-state index in [0.29, 0.717) is 0 Å². The summed E-state index contributed by atoms with van der Waals surface area (Å²) in [4.78, 5) is 21.1. The second-order valence-corrected chi connectivity index (χ2v) is 3.22. The Labute approximate surface area is 86.8 Å². The maximum atomic E-state index is 10.8. The minimum atomic E-state index is -1.10. The van der Waals surface area contributed by atoms with E-state index in [2.05, 4.69) is 5.32 Å². The van der Waals surface area contributed by atoms with Crippen molar-refractivity contribution in [2.75, 3.05) is 0 Å². The Kier molecular flexibility index (Phi) is 5.14. The topological polar surface area (TPSA) is 136 Å². The number of carbonyl (C=O) groups is 2. The van der Waals surface area contributed by atoms with E-state index in [-0.39, 0.29) is 18.8 Å². The van der Waals surface area contributed by atoms with Gasteiger partial charge in [-0.3, -0.25) is 15.0 Å². The van der Waals surface area contributed by atoms with Crippen LogP contribution < -0.4 is 11.1 Å². The molecule has 2 atom stereocenters. The van der Waals surface area contributed by atoms with Crippen molar-refractivity contribution >= 4 is 17.9 Å². The normalized spacial score (nSPS) is 13.9. The highest BCUT2D eigenvalue weighted by Crippen LogP contribution is 2.11. The number of rotatable bonds is 6. The van der Waals surface area contributed by atoms with Gasteiger partial charge in [0.05, 0.1) is 5.92 Å². The first-order valence-corrected chi connectivity index (χ1v) is 4.39. The van der Waals surface area contributed by atoms with E-state index in [4.69, 9.17) is 21.4 Å². The van der Waals surface area contributed by atoms with E-state index in [9.17, 15) is 9.59 Å². The SMILES string of the molecule is CC(NC(=N)N)C(CCC(=O)O)C(=O)O. The van der Waals surface area contributed by atoms with Gasteiger partial charge in [0.25, 0.3) is 0 Å². The number of carboxylic acids is 2. The molecule has 0 saturated carbocycles. The summed E-state index contributed by atoms with van der Waals surface area (Å²) < 4.78 is 0. The van der Waals surface area contributed by atoms with Gasteiger partial charge in [0, 0.05) is 12.5 Å². The lowest BCUT2D eigenvalue weighted by Gasteiger charge is -2.20. The molecule has 6 N–H and O–H groups in total. The minimum absolute atomic E-state index is 0.00606. The molecule has 0 aromatic rings. The Hall–Kier alpha value is -1.79. The van der Waals surface area contributed by atoms with Crippen LogP contribution in [0.5, 0.6) is 0 Å². The van der Waals surface area contributed by atoms with Gasteiger partial charge in [-0.25, -0.2) is 0 Å². The van der Waals surface area contributed by atoms with Crippen molar-refractivity contribution in [2.45, 2.75) is 25.8 Å². The van der Waals surface area contributed by atoms with Crippen molar-refractivity contribution in [3.63, 3.8) is 0 Å². The highest BCUT2D eigenvalue weighted by atomic mass is 16.4. The van der Waals surface area contributed by atoms with Crippen molar-refractivity contribution in [1.82, 2.24) is 5.32 Å². The summed E-state index contributed by atoms with van der Waals surface area (Å²) in [6.45, 7) is 1.54. The van der Waals surface area contributed by atoms with Crippen LogP contribution in [0.2, 0.25) is 0 Å². The maximum absolute atomic E-state index is 10.8. The number of guanidine groups is 1. The molecule has 0 fully saturated rings. The molecule has 0 aromatic heterocycles. The third-order valence-corrected chi connectivity index (χ3v) is 1.97. The molecule has 0 saturated heterocycles. The lowest BCUT2D eigenvalue weighted by Crippen LogP contribution is -2.44. The van der Waals surface area contributed by atoms with Gasteiger partial charge in [0.1, 0.15) is 0 Å². The molecule has 0 aliphatic heterocycles. The van der Waals surface area contributed by atoms with Crippen LogP contribution in [-0.4, -0.2) is 34.2 Å². The fraction of sp³-hybridized carbons (Fsp3) is 0.625. The van der Waals surface area contributed by atoms with Gasteiger partial charge < -0.3 is 21.3 Å². The summed E-state index contributed by atoms with van der Waals surface area (Å²) in [5.74, 6) is -3.34. The van der Waals surface area contributed by atoms with E-state index in [1.165, 1.54) is 0 Å². The third kappa shape index (κ3) is 5.50. The fourth-order valence-electron chi connectivity index (χ4n) is 1.21. The zero-order valence-corrected chi connectivity index (χ0v) is 8.36. The van der Waals surface area contributed by atoms with Crippen molar-refractivity contribution in [3.05, 3.63) is 0 Å². The Morgan fingerprint density at radius 1 is 1.47 bits per heavy atom. The summed E-state index contributed by atoms with van der Waals surface area (Å²) in [6, 6.07) is -0.570. The van der Waals surface area contributed by atoms with E-state index >= 15 is 0 Å². The van der Waals surface area contributed by atoms with Crippen LogP contribution in [0.4, 0.5) is 0 Å². The lowest BCUT2D eigenvalue weighted by molar-refractivity contribution is -0.143. The molecule has 0 amide bonds. The molecule has 15 heavy (non-hydrogen) atoms. The first kappa shape index (κ1) is 13.2. The van der Waals surface area contributed by atoms with Gasteiger partial charge in [-0.1, -0.05) is 0 Å². The Balaban J connectivity index is 4.31. The molecule has 0 radical (unpaired) electrons. The summed E-state index contributed by atoms with van der Waals surface area (Å²) in [7, 11) is 0. The van der Waals surface area contributed by atoms with Gasteiger partial charge in [-0.05, 0) is 13.3 Å². The highest BCUT2D eigenvalue weighted by molar-refractivity contribution is 5.77. The Morgan fingerprint density at radius 2 is 2.00 bits per heavy atom. The highest BCUT2D eigenvalue weighted by Gasteiger charge is 2.25. The van der Waals surface area contributed by atoms with Crippen molar-refractivity contribution in [1.29, 1.82) is 5.41 Å². The van der Waals surface area contributed by atoms with Gasteiger partial charge in [-0.15, -0.1) is 0 Å². The summed E-state index contributed by atoms with van der Waals surface area (Å²) in [6.07, 6.45) is -0.215. The molecule has 0 heterocycles. The first-order valence-electron chi connectivity index (χ1n) is 4.39. The van der Waals surface area contributed by atoms with Crippen LogP contribution in [0.25, 0.3) is 0 Å². The standard InChI is InChI=1S/C8H15N3O4/c1-4(11-8(9)10)5(7(14)15)2-3-6(12)13/h4-5H,2-3H2,1H3,(H,12,13)(H,14,15)(H4,9,10,11). The first-order chi connectivity index (χ1) is 6.84. The summed E-state index contributed by atoms with van der Waals surface area (Å²) in [5.41, 5.74) is 5.05. The molecule has 86 valence electrons. The molecular formula is C8H15N3O4. The number of carboxylic acid groups (broad SMARTS) is 2. The second-order valence-electron chi connectivity index (χ2n) is 3.22. The average molecular weight is 217 g/mol. The predicted octanol–water partition coefficient (Wildman–Crippen LogP) is -0.576. The molecule has 0 bridgehead atoms. The average Bonchev–Trinajstić information content (AvgIpc) is 2.01. The molecule has 0 aromatic carbocycles. The maximum Gasteiger partial charge on any atom is 0.308 e. The van der Waals surface area contributed by atoms with Crippen LogP contribution >= 0.6 is 0 Å². The number of hydrogen-bond acceptors (Lipinski definition) is 3. The van der Waals surface area contributed by atoms with Gasteiger partial charge in [-0.2, -0.15) is 0 Å². The molecule has 0 aliphatic carbocycles. The summed E-state index contributed by atoms with van der Waals surface area (Å²) in [5, 5.41) is 26.6. The molecule has 0 rings (SSSR count). The fourth-order valence-corrected chi connectivity index (χ4v) is 1.21. The van der Waals surface area contributed by atoms with Crippen LogP contribution in [0.3, 0.4) is 0 Å². The number of hydrogen-bond donors (Lipinski definition) is 5. The van der Waals surface area contributed by atoms with Crippen LogP contribution in [-0.2, 0) is 9.59 Å². The van der Waals surface area contributed by atoms with Gasteiger partial charge >= 0.3 is 11.9 Å². The Bertz CT molecular complexity index is 267. The molecule has 2 unspecified atom stereocenters. The van der Waals surface area contributed by atoms with Crippen molar-refractivity contribution in [2.24, 2.45) is 11.7 Å². The molecule has 7 nitrogen and oxygen atoms in total. The van der Waals surface area contributed by atoms with Crippen molar-refractivity contribution < 1.29 is 19.8 Å². The zero-order valence-electron chi connectivity index (χ0n) is 8.36. The van der Waals surface area contributed by atoms with Crippen LogP contribution in [0.1, 0.15) is 19.8 Å². The predicted molar refractivity (Wildman–Crippen MR) is 52.5 cm³/mol. The van der Waals surface area contributed by atoms with Gasteiger partial charge in [0.2, 0.25) is 0 Å². The van der Waals surface area contributed by atoms with E-state index in [0.717, 1.165) is 0 Å². The van der Waals surface area contributed by atoms with E-state index < -0.39 is 23.9 Å². The second kappa shape index (κ2) is 5.84. The number of nitrogens with two attached hydrogens (primary N) is 1. The van der Waals surface area contributed by atoms with E-state index in [1.807, 2.05) is 0 Å². The summed E-state index contributed by atoms with van der Waals surface area (Å²) >= 11 is 0. The molecule has 0 aliphatic rings. The zero-order chi connectivity index (χ0) is 12.0. The third-order valence-electron chi connectivity index (χ3n) is 1.97. The van der Waals surface area contributed by atoms with Crippen LogP contribution in [0, 0.1) is 11.3 Å². The van der Waals surface area contributed by atoms with Crippen LogP contribution in [0.15, 0.2) is 0 Å². The molecule has 0 spiro atoms. The monoisotopic (exact) mass is 217 g/mol. The van der Waals surface area contributed by atoms with Gasteiger partial charge in [0.15, 0.2) is 5.96 Å². The quantitative estimate of drug-likeness (QED) is 0.298. The molecular weight excluding hydrogens is 202 g/mol. The largest absolute Gasteiger partial charge is 0.481 e. The Morgan fingerprint density at radius 3 is 2.33 bits per heavy atom. The van der Waals surface area contributed by atoms with E-state index in [1.54, 1.807) is 6.92 Å². The number of aliphatic carboxylic acids is 2. The number of nitrogens with one attached hydrogen (secondary N) is 2. The smallest absolute Gasteiger partial charge is 0.308 e. The van der Waals surface area contributed by atoms with Crippen molar-refractivity contribution in [3.8, 4) is 0 Å². The molecule has 7 heteroatoms. The minimum Gasteiger partial charge on any atom is -0.481 e.